The van der Waals surface area contributed by atoms with E-state index in [0.717, 1.165) is 49.0 Å². The van der Waals surface area contributed by atoms with Crippen LogP contribution in [-0.2, 0) is 25.6 Å². The van der Waals surface area contributed by atoms with Gasteiger partial charge in [0, 0.05) is 37.0 Å². The van der Waals surface area contributed by atoms with Crippen LogP contribution >= 0.6 is 0 Å². The predicted molar refractivity (Wildman–Crippen MR) is 173 cm³/mol. The number of anilines is 1. The number of ether oxygens (including phenoxy) is 4. The summed E-state index contributed by atoms with van der Waals surface area (Å²) in [6, 6.07) is 8.15. The van der Waals surface area contributed by atoms with Crippen LogP contribution < -0.4 is 9.64 Å². The third-order valence-corrected chi connectivity index (χ3v) is 8.81. The van der Waals surface area contributed by atoms with Crippen molar-refractivity contribution in [2.75, 3.05) is 24.6 Å². The van der Waals surface area contributed by atoms with E-state index in [4.69, 9.17) is 29.0 Å². The molecular weight excluding hydrogens is 572 g/mol. The Hall–Kier alpha value is -3.21. The Balaban J connectivity index is 1.58. The Labute approximate surface area is 267 Å². The number of rotatable bonds is 3. The minimum atomic E-state index is -1.21. The predicted octanol–water partition coefficient (Wildman–Crippen LogP) is 6.89. The molecule has 3 aliphatic rings. The maximum Gasteiger partial charge on any atom is 0.337 e. The van der Waals surface area contributed by atoms with Gasteiger partial charge in [0.25, 0.3) is 0 Å². The van der Waals surface area contributed by atoms with Gasteiger partial charge in [0.2, 0.25) is 0 Å². The molecule has 6 rings (SSSR count). The lowest BCUT2D eigenvalue weighted by molar-refractivity contribution is -0.160. The lowest BCUT2D eigenvalue weighted by Gasteiger charge is -2.41. The lowest BCUT2D eigenvalue weighted by Crippen LogP contribution is -2.46. The molecule has 0 amide bonds. The number of hydrogen-bond acceptors (Lipinski definition) is 8. The topological polar surface area (TPSA) is 108 Å². The van der Waals surface area contributed by atoms with Crippen LogP contribution in [0.15, 0.2) is 24.3 Å². The van der Waals surface area contributed by atoms with Crippen molar-refractivity contribution in [1.29, 1.82) is 0 Å². The fourth-order valence-corrected chi connectivity index (χ4v) is 6.27. The van der Waals surface area contributed by atoms with Gasteiger partial charge in [0.1, 0.15) is 11.6 Å². The summed E-state index contributed by atoms with van der Waals surface area (Å²) in [5.41, 5.74) is 3.66. The monoisotopic (exact) mass is 622 g/mol. The average molecular weight is 623 g/mol. The number of aliphatic carboxylic acids is 1. The number of aryl methyl sites for hydroxylation is 2. The molecule has 0 radical (unpaired) electrons. The van der Waals surface area contributed by atoms with E-state index in [9.17, 15) is 9.90 Å². The van der Waals surface area contributed by atoms with E-state index in [1.54, 1.807) is 4.52 Å². The molecule has 0 aliphatic carbocycles. The second-order valence-corrected chi connectivity index (χ2v) is 14.0. The summed E-state index contributed by atoms with van der Waals surface area (Å²) >= 11 is 0. The standard InChI is InChI=1S/C35H50N4O6/c1-22-12-13-27-25(4)42-21-26-20-29-36-24(3)30(31(33(40)41)45-34(5,6)7)32(39(29)37-26)38-16-14-35(8,15-17-38)43-18-10-9-11-23(2)44-28(27)19-22/h12-13,19-20,23,25,31H,9-11,14-18,21H2,1-8H3,(H,40,41)/t23-,25+,31-/m0/s1. The molecule has 3 aromatic rings. The summed E-state index contributed by atoms with van der Waals surface area (Å²) in [6.45, 7) is 18.2. The van der Waals surface area contributed by atoms with Gasteiger partial charge in [-0.05, 0) is 99.1 Å². The van der Waals surface area contributed by atoms with Crippen LogP contribution in [0.1, 0.15) is 114 Å². The number of aromatic nitrogens is 3. The quantitative estimate of drug-likeness (QED) is 0.334. The number of nitrogens with zero attached hydrogens (tertiary/aromatic N) is 4. The van der Waals surface area contributed by atoms with Gasteiger partial charge in [-0.25, -0.2) is 9.78 Å². The molecule has 45 heavy (non-hydrogen) atoms. The van der Waals surface area contributed by atoms with Crippen molar-refractivity contribution in [2.45, 2.75) is 124 Å². The molecule has 4 bridgehead atoms. The van der Waals surface area contributed by atoms with Gasteiger partial charge >= 0.3 is 5.97 Å². The Morgan fingerprint density at radius 3 is 2.56 bits per heavy atom. The summed E-state index contributed by atoms with van der Waals surface area (Å²) in [5.74, 6) is 0.487. The molecule has 2 aromatic heterocycles. The third-order valence-electron chi connectivity index (χ3n) is 8.81. The van der Waals surface area contributed by atoms with Crippen molar-refractivity contribution < 1.29 is 28.8 Å². The maximum atomic E-state index is 12.7. The summed E-state index contributed by atoms with van der Waals surface area (Å²) in [7, 11) is 0. The second kappa shape index (κ2) is 13.3. The Morgan fingerprint density at radius 2 is 1.87 bits per heavy atom. The number of benzene rings is 1. The number of fused-ring (bicyclic) bond motifs is 10. The molecule has 1 saturated heterocycles. The molecule has 5 heterocycles. The van der Waals surface area contributed by atoms with Crippen LogP contribution in [-0.4, -0.2) is 62.7 Å². The fourth-order valence-electron chi connectivity index (χ4n) is 6.27. The largest absolute Gasteiger partial charge is 0.490 e. The molecule has 0 spiro atoms. The van der Waals surface area contributed by atoms with Crippen molar-refractivity contribution in [3.05, 3.63) is 52.3 Å². The van der Waals surface area contributed by atoms with Crippen molar-refractivity contribution >= 4 is 17.4 Å². The number of carboxylic acids is 1. The van der Waals surface area contributed by atoms with E-state index in [1.165, 1.54) is 0 Å². The summed E-state index contributed by atoms with van der Waals surface area (Å²) in [6.07, 6.45) is 3.14. The Kier molecular flexibility index (Phi) is 9.77. The molecule has 10 heteroatoms. The maximum absolute atomic E-state index is 12.7. The highest BCUT2D eigenvalue weighted by atomic mass is 16.5. The van der Waals surface area contributed by atoms with E-state index in [2.05, 4.69) is 43.9 Å². The number of carbonyl (C=O) groups is 1. The molecule has 3 aliphatic heterocycles. The van der Waals surface area contributed by atoms with Crippen LogP contribution in [0, 0.1) is 13.8 Å². The van der Waals surface area contributed by atoms with E-state index < -0.39 is 17.7 Å². The Bertz CT molecular complexity index is 1500. The zero-order valence-corrected chi connectivity index (χ0v) is 28.2. The van der Waals surface area contributed by atoms with Gasteiger partial charge in [0.05, 0.1) is 41.3 Å². The number of hydrogen-bond donors (Lipinski definition) is 1. The zero-order valence-electron chi connectivity index (χ0n) is 28.2. The van der Waals surface area contributed by atoms with E-state index in [0.29, 0.717) is 48.1 Å². The van der Waals surface area contributed by atoms with Crippen LogP contribution in [0.3, 0.4) is 0 Å². The normalized spacial score (nSPS) is 24.3. The molecule has 10 nitrogen and oxygen atoms in total. The minimum Gasteiger partial charge on any atom is -0.490 e. The van der Waals surface area contributed by atoms with Gasteiger partial charge in [-0.2, -0.15) is 9.61 Å². The van der Waals surface area contributed by atoms with Crippen LogP contribution in [0.4, 0.5) is 5.82 Å². The first-order valence-electron chi connectivity index (χ1n) is 16.3. The van der Waals surface area contributed by atoms with Gasteiger partial charge < -0.3 is 29.0 Å². The minimum absolute atomic E-state index is 0.0689. The second-order valence-electron chi connectivity index (χ2n) is 14.0. The first-order valence-corrected chi connectivity index (χ1v) is 16.3. The first-order chi connectivity index (χ1) is 21.2. The molecule has 1 aromatic carbocycles. The van der Waals surface area contributed by atoms with E-state index in [1.807, 2.05) is 40.7 Å². The average Bonchev–Trinajstić information content (AvgIpc) is 3.36. The van der Waals surface area contributed by atoms with Crippen LogP contribution in [0.2, 0.25) is 0 Å². The molecular formula is C35H50N4O6. The van der Waals surface area contributed by atoms with Gasteiger partial charge in [0.15, 0.2) is 11.8 Å². The van der Waals surface area contributed by atoms with E-state index in [-0.39, 0.29) is 24.4 Å². The highest BCUT2D eigenvalue weighted by Crippen LogP contribution is 2.38. The van der Waals surface area contributed by atoms with Crippen molar-refractivity contribution in [1.82, 2.24) is 14.6 Å². The van der Waals surface area contributed by atoms with E-state index >= 15 is 0 Å². The number of piperidine rings is 1. The molecule has 0 unspecified atom stereocenters. The first kappa shape index (κ1) is 33.2. The molecule has 1 N–H and O–H groups in total. The summed E-state index contributed by atoms with van der Waals surface area (Å²) in [4.78, 5) is 19.8. The van der Waals surface area contributed by atoms with Crippen molar-refractivity contribution in [2.24, 2.45) is 0 Å². The lowest BCUT2D eigenvalue weighted by atomic mass is 9.92. The molecule has 0 saturated carbocycles. The summed E-state index contributed by atoms with van der Waals surface area (Å²) < 4.78 is 27.3. The number of carboxylic acid groups (broad SMARTS) is 1. The van der Waals surface area contributed by atoms with Gasteiger partial charge in [-0.1, -0.05) is 12.1 Å². The molecule has 246 valence electrons. The Morgan fingerprint density at radius 1 is 1.13 bits per heavy atom. The van der Waals surface area contributed by atoms with Gasteiger partial charge in [-0.3, -0.25) is 0 Å². The van der Waals surface area contributed by atoms with Crippen molar-refractivity contribution in [3.8, 4) is 5.75 Å². The highest BCUT2D eigenvalue weighted by Gasteiger charge is 2.38. The SMILES string of the molecule is Cc1ccc2c(c1)O[C@@H](C)CCCCOC1(C)CCN(CC1)c1c([C@H](OC(C)(C)C)C(=O)O)c(C)nc3cc(nn13)CO[C@@H]2C. The smallest absolute Gasteiger partial charge is 0.337 e. The van der Waals surface area contributed by atoms with Crippen molar-refractivity contribution in [3.63, 3.8) is 0 Å². The van der Waals surface area contributed by atoms with Crippen LogP contribution in [0.5, 0.6) is 5.75 Å². The van der Waals surface area contributed by atoms with Crippen LogP contribution in [0.25, 0.3) is 5.65 Å². The molecule has 3 atom stereocenters. The van der Waals surface area contributed by atoms with Gasteiger partial charge in [-0.15, -0.1) is 0 Å². The zero-order chi connectivity index (χ0) is 32.5. The summed E-state index contributed by atoms with van der Waals surface area (Å²) in [5, 5.41) is 15.4. The third kappa shape index (κ3) is 7.79. The highest BCUT2D eigenvalue weighted by molar-refractivity contribution is 5.78. The molecule has 1 fully saturated rings. The fraction of sp³-hybridized carbons (Fsp3) is 0.629.